The van der Waals surface area contributed by atoms with Crippen molar-refractivity contribution in [2.45, 2.75) is 6.92 Å². The molecule has 1 aromatic rings. The van der Waals surface area contributed by atoms with Crippen LogP contribution in [0.5, 0.6) is 0 Å². The zero-order valence-electron chi connectivity index (χ0n) is 4.51. The van der Waals surface area contributed by atoms with Crippen LogP contribution in [0.2, 0.25) is 0 Å². The topological polar surface area (TPSA) is 32.9 Å². The molecule has 0 aliphatic heterocycles. The molecular formula is C5H6NOP. The maximum Gasteiger partial charge on any atom is 0.165 e. The minimum atomic E-state index is 0.146. The molecule has 8 heavy (non-hydrogen) atoms. The first-order valence-corrected chi connectivity index (χ1v) is 3.27. The molecule has 1 aromatic heterocycles. The van der Waals surface area contributed by atoms with Crippen LogP contribution in [-0.2, 0) is 0 Å². The van der Waals surface area contributed by atoms with Crippen molar-refractivity contribution >= 4 is 14.0 Å². The molecule has 1 N–H and O–H groups in total. The summed E-state index contributed by atoms with van der Waals surface area (Å²) in [5.41, 5.74) is 0. The number of aromatic nitrogens is 1. The van der Waals surface area contributed by atoms with Crippen molar-refractivity contribution < 1.29 is 4.79 Å². The van der Waals surface area contributed by atoms with Crippen LogP contribution < -0.4 is 0 Å². The summed E-state index contributed by atoms with van der Waals surface area (Å²) in [7, 11) is 0.991. The third-order valence-electron chi connectivity index (χ3n) is 0.859. The molecule has 0 saturated carbocycles. The monoisotopic (exact) mass is 127 g/mol. The molecule has 0 aliphatic rings. The summed E-state index contributed by atoms with van der Waals surface area (Å²) in [5.74, 6) is 1.98. The van der Waals surface area contributed by atoms with Crippen LogP contribution in [0, 0.1) is 0 Å². The number of H-pyrrole nitrogens is 1. The summed E-state index contributed by atoms with van der Waals surface area (Å²) in [5, 5.41) is 0.838. The first-order chi connectivity index (χ1) is 3.80. The Hall–Kier alpha value is -0.620. The highest BCUT2D eigenvalue weighted by molar-refractivity contribution is 7.31. The number of hydrogen-bond donors (Lipinski definition) is 1. The Labute approximate surface area is 49.0 Å². The lowest BCUT2D eigenvalue weighted by Gasteiger charge is -1.78. The Morgan fingerprint density at radius 3 is 2.88 bits per heavy atom. The smallest absolute Gasteiger partial charge is 0.165 e. The van der Waals surface area contributed by atoms with E-state index in [0.717, 1.165) is 13.5 Å². The lowest BCUT2D eigenvalue weighted by atomic mass is 10.4. The molecule has 0 saturated heterocycles. The lowest BCUT2D eigenvalue weighted by Crippen LogP contribution is -1.82. The first kappa shape index (κ1) is 5.52. The molecule has 0 amide bonds. The highest BCUT2D eigenvalue weighted by Gasteiger charge is 1.95. The molecule has 2 nitrogen and oxygen atoms in total. The molecule has 0 spiro atoms. The van der Waals surface area contributed by atoms with E-state index >= 15 is 0 Å². The van der Waals surface area contributed by atoms with E-state index in [9.17, 15) is 4.79 Å². The molecule has 0 atom stereocenters. The molecule has 1 heterocycles. The van der Waals surface area contributed by atoms with Gasteiger partial charge in [-0.2, -0.15) is 0 Å². The van der Waals surface area contributed by atoms with Crippen molar-refractivity contribution in [3.05, 3.63) is 17.4 Å². The van der Waals surface area contributed by atoms with Gasteiger partial charge in [-0.25, -0.2) is 0 Å². The second-order valence-corrected chi connectivity index (χ2v) is 2.51. The Morgan fingerprint density at radius 2 is 2.62 bits per heavy atom. The Balaban J connectivity index is 2.93. The molecule has 0 unspecified atom stereocenters. The Bertz CT molecular complexity index is 180. The number of ketones is 1. The third-order valence-corrected chi connectivity index (χ3v) is 1.86. The zero-order valence-corrected chi connectivity index (χ0v) is 5.40. The fourth-order valence-corrected chi connectivity index (χ4v) is 1.07. The largest absolute Gasteiger partial charge is 0.363 e. The van der Waals surface area contributed by atoms with E-state index in [2.05, 4.69) is 4.98 Å². The van der Waals surface area contributed by atoms with E-state index in [1.807, 2.05) is 5.93 Å². The third kappa shape index (κ3) is 0.958. The number of carbonyl (C=O) groups excluding carboxylic acids is 1. The van der Waals surface area contributed by atoms with Crippen LogP contribution in [0.4, 0.5) is 0 Å². The summed E-state index contributed by atoms with van der Waals surface area (Å²) >= 11 is 0. The number of hydrogen-bond acceptors (Lipinski definition) is 1. The summed E-state index contributed by atoms with van der Waals surface area (Å²) in [6.45, 7) is 1.57. The predicted octanol–water partition coefficient (Wildman–Crippen LogP) is 1.80. The lowest BCUT2D eigenvalue weighted by molar-refractivity contribution is 0.102. The SMILES string of the molecule is CC(=O)c1c[nH]cp1. The second-order valence-electron chi connectivity index (χ2n) is 1.51. The fourth-order valence-electron chi connectivity index (χ4n) is 0.453. The van der Waals surface area contributed by atoms with Gasteiger partial charge in [0.1, 0.15) is 0 Å². The summed E-state index contributed by atoms with van der Waals surface area (Å²) in [6, 6.07) is 0. The average molecular weight is 127 g/mol. The van der Waals surface area contributed by atoms with Crippen molar-refractivity contribution in [3.8, 4) is 0 Å². The molecule has 0 bridgehead atoms. The van der Waals surface area contributed by atoms with Gasteiger partial charge in [0.25, 0.3) is 0 Å². The standard InChI is InChI=1S/C5H6NOP/c1-4(7)5-2-6-3-8-5/h2-3,6H,1H3. The zero-order chi connectivity index (χ0) is 5.98. The summed E-state index contributed by atoms with van der Waals surface area (Å²) < 4.78 is 0. The van der Waals surface area contributed by atoms with Gasteiger partial charge in [-0.15, -0.1) is 0 Å². The highest BCUT2D eigenvalue weighted by atomic mass is 31.0. The molecule has 0 fully saturated rings. The minimum absolute atomic E-state index is 0.146. The number of rotatable bonds is 1. The molecule has 3 heteroatoms. The van der Waals surface area contributed by atoms with Crippen LogP contribution in [0.15, 0.2) is 12.1 Å². The summed E-state index contributed by atoms with van der Waals surface area (Å²) in [4.78, 5) is 13.3. The van der Waals surface area contributed by atoms with Crippen LogP contribution in [0.1, 0.15) is 17.0 Å². The van der Waals surface area contributed by atoms with Crippen LogP contribution in [0.3, 0.4) is 0 Å². The van der Waals surface area contributed by atoms with E-state index in [-0.39, 0.29) is 5.78 Å². The van der Waals surface area contributed by atoms with Gasteiger partial charge in [-0.05, 0) is 15.1 Å². The Morgan fingerprint density at radius 1 is 1.88 bits per heavy atom. The van der Waals surface area contributed by atoms with Gasteiger partial charge < -0.3 is 4.98 Å². The first-order valence-electron chi connectivity index (χ1n) is 2.30. The van der Waals surface area contributed by atoms with E-state index in [1.54, 1.807) is 13.1 Å². The van der Waals surface area contributed by atoms with Crippen LogP contribution >= 0.6 is 8.19 Å². The Kier molecular flexibility index (Phi) is 1.45. The van der Waals surface area contributed by atoms with Gasteiger partial charge in [0.15, 0.2) is 5.78 Å². The van der Waals surface area contributed by atoms with Gasteiger partial charge in [0, 0.05) is 12.1 Å². The molecular weight excluding hydrogens is 121 g/mol. The molecule has 0 radical (unpaired) electrons. The normalized spacial score (nSPS) is 10.1. The predicted molar refractivity (Wildman–Crippen MR) is 33.3 cm³/mol. The van der Waals surface area contributed by atoms with E-state index in [0.29, 0.717) is 0 Å². The fraction of sp³-hybridized carbons (Fsp3) is 0.200. The van der Waals surface area contributed by atoms with Crippen molar-refractivity contribution in [2.24, 2.45) is 0 Å². The van der Waals surface area contributed by atoms with Gasteiger partial charge in [0.2, 0.25) is 0 Å². The summed E-state index contributed by atoms with van der Waals surface area (Å²) in [6.07, 6.45) is 1.73. The van der Waals surface area contributed by atoms with Crippen molar-refractivity contribution in [3.63, 3.8) is 0 Å². The number of nitrogens with one attached hydrogen (secondary N) is 1. The van der Waals surface area contributed by atoms with Crippen molar-refractivity contribution in [2.75, 3.05) is 0 Å². The molecule has 0 aromatic carbocycles. The highest BCUT2D eigenvalue weighted by Crippen LogP contribution is 2.11. The minimum Gasteiger partial charge on any atom is -0.363 e. The van der Waals surface area contributed by atoms with E-state index < -0.39 is 0 Å². The molecule has 1 rings (SSSR count). The number of aromatic amines is 1. The van der Waals surface area contributed by atoms with E-state index in [1.165, 1.54) is 0 Å². The maximum atomic E-state index is 10.5. The molecule has 0 aliphatic carbocycles. The van der Waals surface area contributed by atoms with Gasteiger partial charge in [-0.3, -0.25) is 4.79 Å². The molecule has 42 valence electrons. The number of carbonyl (C=O) groups is 1. The van der Waals surface area contributed by atoms with Crippen LogP contribution in [0.25, 0.3) is 0 Å². The van der Waals surface area contributed by atoms with E-state index in [4.69, 9.17) is 0 Å². The van der Waals surface area contributed by atoms with Crippen molar-refractivity contribution in [1.82, 2.24) is 4.98 Å². The quantitative estimate of drug-likeness (QED) is 0.573. The maximum absolute atomic E-state index is 10.5. The average Bonchev–Trinajstić information content (AvgIpc) is 2.12. The van der Waals surface area contributed by atoms with Crippen molar-refractivity contribution in [1.29, 1.82) is 0 Å². The van der Waals surface area contributed by atoms with Crippen LogP contribution in [-0.4, -0.2) is 10.8 Å². The second kappa shape index (κ2) is 2.10. The van der Waals surface area contributed by atoms with Gasteiger partial charge in [-0.1, -0.05) is 0 Å². The van der Waals surface area contributed by atoms with Gasteiger partial charge in [0.05, 0.1) is 5.30 Å². The number of Topliss-reactive ketones (excluding diaryl/α,β-unsaturated/α-hetero) is 1. The van der Waals surface area contributed by atoms with Gasteiger partial charge >= 0.3 is 0 Å².